The number of thiazole rings is 1. The maximum Gasteiger partial charge on any atom is 0.257 e. The van der Waals surface area contributed by atoms with Crippen molar-refractivity contribution >= 4 is 45.6 Å². The van der Waals surface area contributed by atoms with E-state index < -0.39 is 0 Å². The first-order valence-electron chi connectivity index (χ1n) is 9.46. The number of aromatic nitrogens is 1. The summed E-state index contributed by atoms with van der Waals surface area (Å²) in [6, 6.07) is 12.4. The summed E-state index contributed by atoms with van der Waals surface area (Å²) >= 11 is 7.47. The van der Waals surface area contributed by atoms with Crippen molar-refractivity contribution in [1.29, 1.82) is 0 Å². The first-order chi connectivity index (χ1) is 14.4. The van der Waals surface area contributed by atoms with Crippen molar-refractivity contribution < 1.29 is 14.3 Å². The summed E-state index contributed by atoms with van der Waals surface area (Å²) < 4.78 is 5.30. The molecule has 2 aromatic carbocycles. The van der Waals surface area contributed by atoms with Crippen LogP contribution in [0.25, 0.3) is 0 Å². The van der Waals surface area contributed by atoms with Crippen molar-refractivity contribution in [3.63, 3.8) is 0 Å². The molecule has 1 aliphatic rings. The third-order valence-corrected chi connectivity index (χ3v) is 6.27. The molecule has 0 spiro atoms. The molecule has 8 heteroatoms. The second-order valence-electron chi connectivity index (χ2n) is 7.07. The molecule has 1 aliphatic carbocycles. The van der Waals surface area contributed by atoms with E-state index in [2.05, 4.69) is 15.6 Å². The lowest BCUT2D eigenvalue weighted by Gasteiger charge is -2.14. The zero-order valence-corrected chi connectivity index (χ0v) is 18.1. The van der Waals surface area contributed by atoms with E-state index in [1.54, 1.807) is 30.3 Å². The summed E-state index contributed by atoms with van der Waals surface area (Å²) in [6.45, 7) is 1.97. The Morgan fingerprint density at radius 2 is 1.93 bits per heavy atom. The lowest BCUT2D eigenvalue weighted by Crippen LogP contribution is -2.20. The number of nitrogens with zero attached hydrogens (tertiary/aromatic N) is 1. The third kappa shape index (κ3) is 4.17. The van der Waals surface area contributed by atoms with Gasteiger partial charge < -0.3 is 10.1 Å². The van der Waals surface area contributed by atoms with Gasteiger partial charge in [0, 0.05) is 15.5 Å². The van der Waals surface area contributed by atoms with Gasteiger partial charge in [0.2, 0.25) is 5.91 Å². The molecular weight excluding hydrogens is 422 g/mol. The van der Waals surface area contributed by atoms with Crippen LogP contribution in [0.1, 0.15) is 38.8 Å². The minimum Gasteiger partial charge on any atom is -0.495 e. The highest BCUT2D eigenvalue weighted by Gasteiger charge is 2.33. The summed E-state index contributed by atoms with van der Waals surface area (Å²) in [4.78, 5) is 30.9. The quantitative estimate of drug-likeness (QED) is 0.581. The Hall–Kier alpha value is -2.90. The van der Waals surface area contributed by atoms with Crippen molar-refractivity contribution in [2.24, 2.45) is 0 Å². The number of fused-ring (bicyclic) bond motifs is 1. The van der Waals surface area contributed by atoms with Gasteiger partial charge in [0.05, 0.1) is 24.4 Å². The maximum absolute atomic E-state index is 12.9. The molecule has 2 amide bonds. The average Bonchev–Trinajstić information content (AvgIpc) is 3.28. The number of benzene rings is 2. The number of anilines is 2. The molecule has 0 fully saturated rings. The standard InChI is InChI=1S/C22H20ClN3O3S/c1-12-3-5-13(6-4-12)20(27)26-22-25-19-15(8-10-18(19)30-22)21(28)24-16-11-14(23)7-9-17(16)29-2/h3-7,9,11,15H,8,10H2,1-2H3,(H,24,28)(H,25,26,27). The number of amides is 2. The molecule has 1 atom stereocenters. The van der Waals surface area contributed by atoms with E-state index in [9.17, 15) is 9.59 Å². The van der Waals surface area contributed by atoms with Crippen molar-refractivity contribution in [1.82, 2.24) is 4.98 Å². The van der Waals surface area contributed by atoms with Gasteiger partial charge in [0.1, 0.15) is 5.75 Å². The molecule has 0 bridgehead atoms. The van der Waals surface area contributed by atoms with Crippen LogP contribution in [-0.4, -0.2) is 23.9 Å². The summed E-state index contributed by atoms with van der Waals surface area (Å²) in [5.74, 6) is -0.233. The highest BCUT2D eigenvalue weighted by atomic mass is 35.5. The minimum absolute atomic E-state index is 0.170. The van der Waals surface area contributed by atoms with E-state index in [4.69, 9.17) is 16.3 Å². The lowest BCUT2D eigenvalue weighted by molar-refractivity contribution is -0.117. The SMILES string of the molecule is COc1ccc(Cl)cc1NC(=O)C1CCc2sc(NC(=O)c3ccc(C)cc3)nc21. The largest absolute Gasteiger partial charge is 0.495 e. The Balaban J connectivity index is 1.49. The first-order valence-corrected chi connectivity index (χ1v) is 10.7. The lowest BCUT2D eigenvalue weighted by atomic mass is 10.1. The van der Waals surface area contributed by atoms with Crippen LogP contribution < -0.4 is 15.4 Å². The fourth-order valence-corrected chi connectivity index (χ4v) is 4.61. The fourth-order valence-electron chi connectivity index (χ4n) is 3.41. The van der Waals surface area contributed by atoms with Gasteiger partial charge in [0.15, 0.2) is 5.13 Å². The molecular formula is C22H20ClN3O3S. The molecule has 0 aliphatic heterocycles. The Bertz CT molecular complexity index is 1110. The van der Waals surface area contributed by atoms with E-state index in [1.807, 2.05) is 19.1 Å². The van der Waals surface area contributed by atoms with E-state index in [0.717, 1.165) is 22.6 Å². The number of nitrogens with one attached hydrogen (secondary N) is 2. The number of hydrogen-bond donors (Lipinski definition) is 2. The monoisotopic (exact) mass is 441 g/mol. The van der Waals surface area contributed by atoms with E-state index in [1.165, 1.54) is 18.4 Å². The Morgan fingerprint density at radius 3 is 2.67 bits per heavy atom. The molecule has 4 rings (SSSR count). The van der Waals surface area contributed by atoms with Crippen LogP contribution in [0, 0.1) is 6.92 Å². The predicted molar refractivity (Wildman–Crippen MR) is 119 cm³/mol. The van der Waals surface area contributed by atoms with E-state index in [-0.39, 0.29) is 17.7 Å². The molecule has 0 radical (unpaired) electrons. The predicted octanol–water partition coefficient (Wildman–Crippen LogP) is 5.03. The van der Waals surface area contributed by atoms with Crippen LogP contribution in [0.4, 0.5) is 10.8 Å². The Kier molecular flexibility index (Phi) is 5.74. The molecule has 0 saturated heterocycles. The van der Waals surface area contributed by atoms with Gasteiger partial charge in [-0.1, -0.05) is 29.3 Å². The second-order valence-corrected chi connectivity index (χ2v) is 8.59. The number of halogens is 1. The Morgan fingerprint density at radius 1 is 1.17 bits per heavy atom. The van der Waals surface area contributed by atoms with Crippen LogP contribution >= 0.6 is 22.9 Å². The smallest absolute Gasteiger partial charge is 0.257 e. The maximum atomic E-state index is 12.9. The molecule has 2 N–H and O–H groups in total. The van der Waals surface area contributed by atoms with Gasteiger partial charge in [-0.2, -0.15) is 0 Å². The zero-order valence-electron chi connectivity index (χ0n) is 16.5. The molecule has 6 nitrogen and oxygen atoms in total. The summed E-state index contributed by atoms with van der Waals surface area (Å²) in [6.07, 6.45) is 1.42. The summed E-state index contributed by atoms with van der Waals surface area (Å²) in [5, 5.41) is 6.75. The fraction of sp³-hybridized carbons (Fsp3) is 0.227. The number of rotatable bonds is 5. The van der Waals surface area contributed by atoms with Gasteiger partial charge in [-0.15, -0.1) is 11.3 Å². The van der Waals surface area contributed by atoms with E-state index in [0.29, 0.717) is 33.6 Å². The van der Waals surface area contributed by atoms with Crippen LogP contribution in [-0.2, 0) is 11.2 Å². The summed E-state index contributed by atoms with van der Waals surface area (Å²) in [5.41, 5.74) is 2.90. The van der Waals surface area contributed by atoms with Crippen molar-refractivity contribution in [3.05, 3.63) is 69.2 Å². The average molecular weight is 442 g/mol. The summed E-state index contributed by atoms with van der Waals surface area (Å²) in [7, 11) is 1.54. The van der Waals surface area contributed by atoms with Gasteiger partial charge in [-0.3, -0.25) is 14.9 Å². The topological polar surface area (TPSA) is 80.3 Å². The zero-order chi connectivity index (χ0) is 21.3. The number of carbonyl (C=O) groups excluding carboxylic acids is 2. The Labute approximate surface area is 183 Å². The first kappa shape index (κ1) is 20.4. The molecule has 30 heavy (non-hydrogen) atoms. The second kappa shape index (κ2) is 8.45. The van der Waals surface area contributed by atoms with Crippen molar-refractivity contribution in [3.8, 4) is 5.75 Å². The number of carbonyl (C=O) groups is 2. The van der Waals surface area contributed by atoms with Crippen molar-refractivity contribution in [2.45, 2.75) is 25.7 Å². The van der Waals surface area contributed by atoms with Gasteiger partial charge in [0.25, 0.3) is 5.91 Å². The van der Waals surface area contributed by atoms with Crippen LogP contribution in [0.2, 0.25) is 5.02 Å². The number of methoxy groups -OCH3 is 1. The molecule has 3 aromatic rings. The molecule has 154 valence electrons. The van der Waals surface area contributed by atoms with Crippen LogP contribution in [0.3, 0.4) is 0 Å². The van der Waals surface area contributed by atoms with Gasteiger partial charge in [-0.05, 0) is 50.1 Å². The molecule has 0 saturated carbocycles. The van der Waals surface area contributed by atoms with Crippen LogP contribution in [0.15, 0.2) is 42.5 Å². The van der Waals surface area contributed by atoms with Crippen molar-refractivity contribution in [2.75, 3.05) is 17.7 Å². The highest BCUT2D eigenvalue weighted by Crippen LogP contribution is 2.39. The molecule has 1 heterocycles. The van der Waals surface area contributed by atoms with Crippen LogP contribution in [0.5, 0.6) is 5.75 Å². The van der Waals surface area contributed by atoms with Gasteiger partial charge in [-0.25, -0.2) is 4.98 Å². The minimum atomic E-state index is -0.384. The number of hydrogen-bond acceptors (Lipinski definition) is 5. The number of aryl methyl sites for hydroxylation is 2. The van der Waals surface area contributed by atoms with E-state index >= 15 is 0 Å². The highest BCUT2D eigenvalue weighted by molar-refractivity contribution is 7.16. The van der Waals surface area contributed by atoms with Gasteiger partial charge >= 0.3 is 0 Å². The molecule has 1 aromatic heterocycles. The third-order valence-electron chi connectivity index (χ3n) is 4.99. The number of ether oxygens (including phenoxy) is 1. The molecule has 1 unspecified atom stereocenters. The normalized spacial score (nSPS) is 14.8.